The first-order valence-corrected chi connectivity index (χ1v) is 8.36. The standard InChI is InChI=1S/C20H24O4/c21-17-11-7-15(8-12-17)19(16-9-13-18(22)14-10-16)5-3-1-2-4-6-20(23)24/h7-14,19,21-22H,1-6H2,(H,23,24). The van der Waals surface area contributed by atoms with Crippen LogP contribution >= 0.6 is 0 Å². The van der Waals surface area contributed by atoms with Gasteiger partial charge in [0.1, 0.15) is 11.5 Å². The van der Waals surface area contributed by atoms with E-state index in [2.05, 4.69) is 0 Å². The molecule has 3 N–H and O–H groups in total. The van der Waals surface area contributed by atoms with Crippen LogP contribution in [0.1, 0.15) is 55.6 Å². The van der Waals surface area contributed by atoms with Gasteiger partial charge < -0.3 is 15.3 Å². The number of rotatable bonds is 9. The highest BCUT2D eigenvalue weighted by atomic mass is 16.4. The first-order chi connectivity index (χ1) is 11.6. The van der Waals surface area contributed by atoms with Gasteiger partial charge in [0.05, 0.1) is 0 Å². The van der Waals surface area contributed by atoms with Crippen LogP contribution in [0, 0.1) is 0 Å². The predicted octanol–water partition coefficient (Wildman–Crippen LogP) is 4.65. The van der Waals surface area contributed by atoms with Gasteiger partial charge >= 0.3 is 5.97 Å². The number of carboxylic acid groups (broad SMARTS) is 1. The molecular weight excluding hydrogens is 304 g/mol. The van der Waals surface area contributed by atoms with Gasteiger partial charge in [0, 0.05) is 12.3 Å². The fourth-order valence-corrected chi connectivity index (χ4v) is 2.92. The van der Waals surface area contributed by atoms with E-state index in [1.807, 2.05) is 24.3 Å². The minimum atomic E-state index is -0.735. The Kier molecular flexibility index (Phi) is 6.67. The fourth-order valence-electron chi connectivity index (χ4n) is 2.92. The SMILES string of the molecule is O=C(O)CCCCCCC(c1ccc(O)cc1)c1ccc(O)cc1. The number of aromatic hydroxyl groups is 2. The molecule has 0 amide bonds. The van der Waals surface area contributed by atoms with Crippen LogP contribution in [0.5, 0.6) is 11.5 Å². The third kappa shape index (κ3) is 5.61. The number of hydrogen-bond donors (Lipinski definition) is 3. The molecule has 4 heteroatoms. The molecule has 2 aromatic rings. The number of phenols is 2. The number of carbonyl (C=O) groups is 1. The Bertz CT molecular complexity index is 586. The fraction of sp³-hybridized carbons (Fsp3) is 0.350. The Hall–Kier alpha value is -2.49. The van der Waals surface area contributed by atoms with Crippen molar-refractivity contribution in [1.29, 1.82) is 0 Å². The molecule has 0 radical (unpaired) electrons. The van der Waals surface area contributed by atoms with Crippen molar-refractivity contribution in [1.82, 2.24) is 0 Å². The number of unbranched alkanes of at least 4 members (excludes halogenated alkanes) is 3. The third-order valence-electron chi connectivity index (χ3n) is 4.22. The Balaban J connectivity index is 1.99. The Labute approximate surface area is 142 Å². The summed E-state index contributed by atoms with van der Waals surface area (Å²) in [6.45, 7) is 0. The number of aliphatic carboxylic acids is 1. The van der Waals surface area contributed by atoms with Crippen molar-refractivity contribution in [3.63, 3.8) is 0 Å². The Morgan fingerprint density at radius 3 is 1.67 bits per heavy atom. The van der Waals surface area contributed by atoms with E-state index in [1.54, 1.807) is 24.3 Å². The molecule has 0 bridgehead atoms. The van der Waals surface area contributed by atoms with Crippen LogP contribution < -0.4 is 0 Å². The molecule has 0 spiro atoms. The lowest BCUT2D eigenvalue weighted by atomic mass is 9.86. The highest BCUT2D eigenvalue weighted by Crippen LogP contribution is 2.32. The summed E-state index contributed by atoms with van der Waals surface area (Å²) in [6.07, 6.45) is 4.83. The second kappa shape index (κ2) is 8.96. The molecule has 0 saturated carbocycles. The van der Waals surface area contributed by atoms with Crippen LogP contribution in [0.3, 0.4) is 0 Å². The summed E-state index contributed by atoms with van der Waals surface area (Å²) in [5, 5.41) is 27.6. The van der Waals surface area contributed by atoms with Gasteiger partial charge in [0.15, 0.2) is 0 Å². The molecule has 128 valence electrons. The summed E-state index contributed by atoms with van der Waals surface area (Å²) in [7, 11) is 0. The van der Waals surface area contributed by atoms with Crippen molar-refractivity contribution in [3.05, 3.63) is 59.7 Å². The van der Waals surface area contributed by atoms with E-state index in [4.69, 9.17) is 5.11 Å². The molecule has 0 saturated heterocycles. The summed E-state index contributed by atoms with van der Waals surface area (Å²) < 4.78 is 0. The minimum Gasteiger partial charge on any atom is -0.508 e. The number of phenolic OH excluding ortho intramolecular Hbond substituents is 2. The van der Waals surface area contributed by atoms with Gasteiger partial charge in [-0.25, -0.2) is 0 Å². The smallest absolute Gasteiger partial charge is 0.303 e. The molecule has 2 rings (SSSR count). The first-order valence-electron chi connectivity index (χ1n) is 8.36. The lowest BCUT2D eigenvalue weighted by Crippen LogP contribution is -2.01. The summed E-state index contributed by atoms with van der Waals surface area (Å²) >= 11 is 0. The molecule has 0 aliphatic rings. The molecule has 4 nitrogen and oxygen atoms in total. The van der Waals surface area contributed by atoms with E-state index < -0.39 is 5.97 Å². The lowest BCUT2D eigenvalue weighted by molar-refractivity contribution is -0.137. The lowest BCUT2D eigenvalue weighted by Gasteiger charge is -2.18. The maximum Gasteiger partial charge on any atom is 0.303 e. The first kappa shape index (κ1) is 17.9. The van der Waals surface area contributed by atoms with Gasteiger partial charge in [-0.05, 0) is 48.2 Å². The van der Waals surface area contributed by atoms with Crippen molar-refractivity contribution in [2.45, 2.75) is 44.4 Å². The topological polar surface area (TPSA) is 77.8 Å². The zero-order valence-corrected chi connectivity index (χ0v) is 13.7. The molecule has 0 aromatic heterocycles. The second-order valence-electron chi connectivity index (χ2n) is 6.08. The minimum absolute atomic E-state index is 0.200. The maximum absolute atomic E-state index is 10.5. The second-order valence-corrected chi connectivity index (χ2v) is 6.08. The van der Waals surface area contributed by atoms with Gasteiger partial charge in [-0.3, -0.25) is 4.79 Å². The average Bonchev–Trinajstić information content (AvgIpc) is 2.56. The Morgan fingerprint density at radius 1 is 0.750 bits per heavy atom. The normalized spacial score (nSPS) is 10.9. The molecule has 0 aliphatic carbocycles. The number of hydrogen-bond acceptors (Lipinski definition) is 3. The van der Waals surface area contributed by atoms with E-state index in [1.165, 1.54) is 0 Å². The number of carboxylic acids is 1. The molecule has 0 aliphatic heterocycles. The average molecular weight is 328 g/mol. The van der Waals surface area contributed by atoms with Crippen LogP contribution in [0.25, 0.3) is 0 Å². The van der Waals surface area contributed by atoms with Crippen LogP contribution in [0.2, 0.25) is 0 Å². The highest BCUT2D eigenvalue weighted by molar-refractivity contribution is 5.66. The molecule has 24 heavy (non-hydrogen) atoms. The molecular formula is C20H24O4. The van der Waals surface area contributed by atoms with Crippen LogP contribution in [0.15, 0.2) is 48.5 Å². The van der Waals surface area contributed by atoms with Crippen molar-refractivity contribution < 1.29 is 20.1 Å². The van der Waals surface area contributed by atoms with E-state index in [-0.39, 0.29) is 23.8 Å². The van der Waals surface area contributed by atoms with Gasteiger partial charge in [0.2, 0.25) is 0 Å². The maximum atomic E-state index is 10.5. The molecule has 2 aromatic carbocycles. The molecule has 0 heterocycles. The van der Waals surface area contributed by atoms with Crippen molar-refractivity contribution in [3.8, 4) is 11.5 Å². The van der Waals surface area contributed by atoms with Gasteiger partial charge in [-0.2, -0.15) is 0 Å². The molecule has 0 fully saturated rings. The Morgan fingerprint density at radius 2 is 1.21 bits per heavy atom. The largest absolute Gasteiger partial charge is 0.508 e. The van der Waals surface area contributed by atoms with Crippen LogP contribution in [0.4, 0.5) is 0 Å². The summed E-state index contributed by atoms with van der Waals surface area (Å²) in [6, 6.07) is 14.5. The van der Waals surface area contributed by atoms with Crippen molar-refractivity contribution in [2.24, 2.45) is 0 Å². The summed E-state index contributed by atoms with van der Waals surface area (Å²) in [5.41, 5.74) is 2.26. The van der Waals surface area contributed by atoms with Crippen LogP contribution in [-0.4, -0.2) is 21.3 Å². The molecule has 0 atom stereocenters. The van der Waals surface area contributed by atoms with E-state index in [9.17, 15) is 15.0 Å². The van der Waals surface area contributed by atoms with E-state index in [0.29, 0.717) is 0 Å². The van der Waals surface area contributed by atoms with E-state index in [0.717, 1.165) is 43.2 Å². The third-order valence-corrected chi connectivity index (χ3v) is 4.22. The van der Waals surface area contributed by atoms with Gasteiger partial charge in [0.25, 0.3) is 0 Å². The van der Waals surface area contributed by atoms with Gasteiger partial charge in [-0.1, -0.05) is 43.5 Å². The van der Waals surface area contributed by atoms with Gasteiger partial charge in [-0.15, -0.1) is 0 Å². The van der Waals surface area contributed by atoms with Crippen molar-refractivity contribution >= 4 is 5.97 Å². The highest BCUT2D eigenvalue weighted by Gasteiger charge is 2.14. The quantitative estimate of drug-likeness (QED) is 0.585. The molecule has 0 unspecified atom stereocenters. The zero-order valence-electron chi connectivity index (χ0n) is 13.7. The van der Waals surface area contributed by atoms with Crippen molar-refractivity contribution in [2.75, 3.05) is 0 Å². The zero-order chi connectivity index (χ0) is 17.4. The summed E-state index contributed by atoms with van der Waals surface area (Å²) in [5.74, 6) is -0.0412. The van der Waals surface area contributed by atoms with Crippen LogP contribution in [-0.2, 0) is 4.79 Å². The number of benzene rings is 2. The van der Waals surface area contributed by atoms with E-state index >= 15 is 0 Å². The predicted molar refractivity (Wildman–Crippen MR) is 93.4 cm³/mol. The monoisotopic (exact) mass is 328 g/mol. The summed E-state index contributed by atoms with van der Waals surface area (Å²) in [4.78, 5) is 10.5.